The molecule has 0 spiro atoms. The number of thiazole rings is 1. The number of ether oxygens (including phenoxy) is 1. The molecule has 0 radical (unpaired) electrons. The van der Waals surface area contributed by atoms with Crippen molar-refractivity contribution >= 4 is 11.3 Å². The van der Waals surface area contributed by atoms with Crippen molar-refractivity contribution < 1.29 is 4.74 Å². The van der Waals surface area contributed by atoms with Crippen molar-refractivity contribution in [3.8, 4) is 0 Å². The van der Waals surface area contributed by atoms with Gasteiger partial charge in [-0.1, -0.05) is 0 Å². The number of hydrogen-bond acceptors (Lipinski definition) is 5. The van der Waals surface area contributed by atoms with Crippen molar-refractivity contribution in [2.24, 2.45) is 0 Å². The minimum Gasteiger partial charge on any atom is -0.375 e. The molecule has 1 fully saturated rings. The molecule has 2 aromatic heterocycles. The van der Waals surface area contributed by atoms with Crippen LogP contribution in [0.15, 0.2) is 29.4 Å². The average Bonchev–Trinajstić information content (AvgIpc) is 3.03. The van der Waals surface area contributed by atoms with Gasteiger partial charge in [0.05, 0.1) is 23.9 Å². The lowest BCUT2D eigenvalue weighted by atomic mass is 10.3. The van der Waals surface area contributed by atoms with Crippen LogP contribution >= 0.6 is 11.3 Å². The number of nitrogens with zero attached hydrogens (tertiary/aromatic N) is 4. The molecule has 19 heavy (non-hydrogen) atoms. The molecular weight excluding hydrogens is 260 g/mol. The monoisotopic (exact) mass is 278 g/mol. The van der Waals surface area contributed by atoms with Crippen molar-refractivity contribution in [3.63, 3.8) is 0 Å². The molecule has 1 atom stereocenters. The van der Waals surface area contributed by atoms with Crippen LogP contribution in [0.25, 0.3) is 0 Å². The molecule has 1 aliphatic heterocycles. The van der Waals surface area contributed by atoms with Gasteiger partial charge in [-0.2, -0.15) is 5.10 Å². The summed E-state index contributed by atoms with van der Waals surface area (Å²) in [7, 11) is 0. The van der Waals surface area contributed by atoms with Crippen molar-refractivity contribution in [3.05, 3.63) is 35.0 Å². The molecule has 5 nitrogen and oxygen atoms in total. The van der Waals surface area contributed by atoms with Gasteiger partial charge in [-0.25, -0.2) is 4.98 Å². The number of hydrogen-bond donors (Lipinski definition) is 0. The average molecular weight is 278 g/mol. The molecular formula is C13H18N4OS. The Morgan fingerprint density at radius 1 is 1.47 bits per heavy atom. The quantitative estimate of drug-likeness (QED) is 0.852. The Morgan fingerprint density at radius 3 is 3.26 bits per heavy atom. The first-order valence-electron chi connectivity index (χ1n) is 6.58. The Hall–Kier alpha value is -1.24. The van der Waals surface area contributed by atoms with Crippen molar-refractivity contribution in [2.45, 2.75) is 25.6 Å². The van der Waals surface area contributed by atoms with Crippen LogP contribution in [-0.4, -0.2) is 45.5 Å². The van der Waals surface area contributed by atoms with Gasteiger partial charge in [-0.15, -0.1) is 11.3 Å². The zero-order valence-corrected chi connectivity index (χ0v) is 11.6. The zero-order valence-electron chi connectivity index (χ0n) is 10.8. The van der Waals surface area contributed by atoms with E-state index in [1.54, 1.807) is 11.3 Å². The Bertz CT molecular complexity index is 427. The molecule has 102 valence electrons. The normalized spacial score (nSPS) is 21.4. The maximum Gasteiger partial charge on any atom is 0.0897 e. The summed E-state index contributed by atoms with van der Waals surface area (Å²) in [6, 6.07) is 1.95. The second kappa shape index (κ2) is 6.27. The highest BCUT2D eigenvalue weighted by Gasteiger charge is 2.19. The summed E-state index contributed by atoms with van der Waals surface area (Å²) < 4.78 is 7.85. The first-order valence-corrected chi connectivity index (χ1v) is 7.53. The molecule has 1 aliphatic rings. The smallest absolute Gasteiger partial charge is 0.0897 e. The van der Waals surface area contributed by atoms with Crippen LogP contribution in [0, 0.1) is 0 Å². The molecule has 0 unspecified atom stereocenters. The molecule has 6 heteroatoms. The molecule has 3 rings (SSSR count). The third-order valence-electron chi connectivity index (χ3n) is 3.25. The molecule has 0 N–H and O–H groups in total. The number of aromatic nitrogens is 3. The molecule has 3 heterocycles. The van der Waals surface area contributed by atoms with E-state index in [1.807, 2.05) is 28.7 Å². The molecule has 1 saturated heterocycles. The molecule has 0 amide bonds. The SMILES string of the molecule is c1cnn(C[C@H]2CN(Cc3cscn3)CCCO2)c1. The molecule has 2 aromatic rings. The van der Waals surface area contributed by atoms with Crippen LogP contribution in [0.5, 0.6) is 0 Å². The van der Waals surface area contributed by atoms with Crippen molar-refractivity contribution in [2.75, 3.05) is 19.7 Å². The van der Waals surface area contributed by atoms with E-state index in [-0.39, 0.29) is 6.10 Å². The second-order valence-corrected chi connectivity index (χ2v) is 5.51. The van der Waals surface area contributed by atoms with E-state index in [2.05, 4.69) is 20.4 Å². The van der Waals surface area contributed by atoms with Crippen LogP contribution in [-0.2, 0) is 17.8 Å². The zero-order chi connectivity index (χ0) is 12.9. The maximum atomic E-state index is 5.91. The summed E-state index contributed by atoms with van der Waals surface area (Å²) in [5.74, 6) is 0. The van der Waals surface area contributed by atoms with E-state index in [0.29, 0.717) is 0 Å². The molecule has 0 aliphatic carbocycles. The van der Waals surface area contributed by atoms with E-state index < -0.39 is 0 Å². The van der Waals surface area contributed by atoms with Crippen LogP contribution in [0.1, 0.15) is 12.1 Å². The first kappa shape index (κ1) is 12.8. The lowest BCUT2D eigenvalue weighted by Gasteiger charge is -2.22. The van der Waals surface area contributed by atoms with E-state index in [0.717, 1.165) is 44.9 Å². The van der Waals surface area contributed by atoms with Gasteiger partial charge < -0.3 is 4.74 Å². The summed E-state index contributed by atoms with van der Waals surface area (Å²) in [4.78, 5) is 6.79. The minimum absolute atomic E-state index is 0.209. The maximum absolute atomic E-state index is 5.91. The number of rotatable bonds is 4. The summed E-state index contributed by atoms with van der Waals surface area (Å²) >= 11 is 1.65. The lowest BCUT2D eigenvalue weighted by Crippen LogP contribution is -2.34. The molecule has 0 aromatic carbocycles. The Kier molecular flexibility index (Phi) is 4.22. The molecule has 0 bridgehead atoms. The predicted molar refractivity (Wildman–Crippen MR) is 74.0 cm³/mol. The van der Waals surface area contributed by atoms with Crippen molar-refractivity contribution in [1.82, 2.24) is 19.7 Å². The summed E-state index contributed by atoms with van der Waals surface area (Å²) in [6.07, 6.45) is 5.09. The molecule has 0 saturated carbocycles. The van der Waals surface area contributed by atoms with E-state index in [4.69, 9.17) is 4.74 Å². The highest BCUT2D eigenvalue weighted by Crippen LogP contribution is 2.12. The van der Waals surface area contributed by atoms with Crippen LogP contribution in [0.3, 0.4) is 0 Å². The van der Waals surface area contributed by atoms with Gasteiger partial charge >= 0.3 is 0 Å². The predicted octanol–water partition coefficient (Wildman–Crippen LogP) is 1.63. The third kappa shape index (κ3) is 3.62. The Labute approximate surface area is 116 Å². The van der Waals surface area contributed by atoms with Gasteiger partial charge in [0, 0.05) is 44.0 Å². The van der Waals surface area contributed by atoms with Gasteiger partial charge in [-0.05, 0) is 12.5 Å². The van der Waals surface area contributed by atoms with E-state index in [1.165, 1.54) is 0 Å². The van der Waals surface area contributed by atoms with E-state index >= 15 is 0 Å². The highest BCUT2D eigenvalue weighted by molar-refractivity contribution is 7.07. The summed E-state index contributed by atoms with van der Waals surface area (Å²) in [5, 5.41) is 6.37. The van der Waals surface area contributed by atoms with Gasteiger partial charge in [-0.3, -0.25) is 9.58 Å². The van der Waals surface area contributed by atoms with Crippen LogP contribution < -0.4 is 0 Å². The fourth-order valence-corrected chi connectivity index (χ4v) is 2.94. The van der Waals surface area contributed by atoms with Gasteiger partial charge in [0.15, 0.2) is 0 Å². The fraction of sp³-hybridized carbons (Fsp3) is 0.538. The van der Waals surface area contributed by atoms with Gasteiger partial charge in [0.25, 0.3) is 0 Å². The van der Waals surface area contributed by atoms with Gasteiger partial charge in [0.2, 0.25) is 0 Å². The standard InChI is InChI=1S/C13H18N4OS/c1-3-15-17(5-1)9-13-8-16(4-2-6-18-13)7-12-10-19-11-14-12/h1,3,5,10-11,13H,2,4,6-9H2/t13-/m1/s1. The minimum atomic E-state index is 0.209. The summed E-state index contributed by atoms with van der Waals surface area (Å²) in [6.45, 7) is 4.59. The van der Waals surface area contributed by atoms with Gasteiger partial charge in [0.1, 0.15) is 0 Å². The van der Waals surface area contributed by atoms with Crippen molar-refractivity contribution in [1.29, 1.82) is 0 Å². The van der Waals surface area contributed by atoms with Crippen LogP contribution in [0.2, 0.25) is 0 Å². The highest BCUT2D eigenvalue weighted by atomic mass is 32.1. The summed E-state index contributed by atoms with van der Waals surface area (Å²) in [5.41, 5.74) is 3.05. The first-order chi connectivity index (χ1) is 9.40. The Morgan fingerprint density at radius 2 is 2.47 bits per heavy atom. The largest absolute Gasteiger partial charge is 0.375 e. The second-order valence-electron chi connectivity index (χ2n) is 4.79. The lowest BCUT2D eigenvalue weighted by molar-refractivity contribution is 0.0390. The Balaban J connectivity index is 1.59. The van der Waals surface area contributed by atoms with E-state index in [9.17, 15) is 0 Å². The topological polar surface area (TPSA) is 43.2 Å². The van der Waals surface area contributed by atoms with Crippen LogP contribution in [0.4, 0.5) is 0 Å². The third-order valence-corrected chi connectivity index (χ3v) is 3.89. The fourth-order valence-electron chi connectivity index (χ4n) is 2.39.